The van der Waals surface area contributed by atoms with E-state index in [9.17, 15) is 14.7 Å². The Bertz CT molecular complexity index is 964. The van der Waals surface area contributed by atoms with E-state index in [4.69, 9.17) is 5.73 Å². The summed E-state index contributed by atoms with van der Waals surface area (Å²) in [7, 11) is 0. The Labute approximate surface area is 207 Å². The molecule has 2 fully saturated rings. The van der Waals surface area contributed by atoms with Gasteiger partial charge in [0.1, 0.15) is 18.0 Å². The highest BCUT2D eigenvalue weighted by Crippen LogP contribution is 2.45. The molecule has 0 aliphatic heterocycles. The predicted octanol–water partition coefficient (Wildman–Crippen LogP) is 3.37. The van der Waals surface area contributed by atoms with Gasteiger partial charge in [-0.25, -0.2) is 4.98 Å². The topological polar surface area (TPSA) is 117 Å². The molecule has 4 unspecified atom stereocenters. The van der Waals surface area contributed by atoms with Crippen molar-refractivity contribution >= 4 is 17.6 Å². The first-order valence-electron chi connectivity index (χ1n) is 13.0. The second-order valence-electron chi connectivity index (χ2n) is 10.2. The number of nitrogen functional groups attached to an aromatic ring is 1. The highest BCUT2D eigenvalue weighted by Gasteiger charge is 2.37. The predicted molar refractivity (Wildman–Crippen MR) is 136 cm³/mol. The molecule has 1 aromatic carbocycles. The van der Waals surface area contributed by atoms with Gasteiger partial charge in [-0.1, -0.05) is 74.9 Å². The average Bonchev–Trinajstić information content (AvgIpc) is 2.88. The lowest BCUT2D eigenvalue weighted by Crippen LogP contribution is -2.51. The molecular weight excluding hydrogens is 440 g/mol. The van der Waals surface area contributed by atoms with Crippen LogP contribution < -0.4 is 16.4 Å². The number of aliphatic hydroxyl groups excluding tert-OH is 1. The smallest absolute Gasteiger partial charge is 0.249 e. The summed E-state index contributed by atoms with van der Waals surface area (Å²) in [6, 6.07) is 12.3. The van der Waals surface area contributed by atoms with Crippen molar-refractivity contribution in [3.8, 4) is 0 Å². The second-order valence-corrected chi connectivity index (χ2v) is 10.2. The van der Waals surface area contributed by atoms with Crippen LogP contribution in [-0.4, -0.2) is 34.1 Å². The van der Waals surface area contributed by atoms with E-state index in [0.29, 0.717) is 30.6 Å². The number of carbonyl (C=O) groups is 2. The fourth-order valence-corrected chi connectivity index (χ4v) is 5.95. The number of aromatic nitrogens is 1. The molecule has 1 heterocycles. The minimum absolute atomic E-state index is 0.215. The number of nitrogens with one attached hydrogen (secondary N) is 2. The molecule has 2 aliphatic rings. The SMILES string of the molecule is Nc1ccc(CNC(=O)[C@H](CC2CCCC3CCCCC32)NC(=O)C(O)Cc2ccccc2)cn1. The normalized spacial score (nSPS) is 23.5. The Hall–Kier alpha value is -2.93. The maximum atomic E-state index is 13.3. The molecule has 2 saturated carbocycles. The third-order valence-corrected chi connectivity index (χ3v) is 7.78. The number of amides is 2. The van der Waals surface area contributed by atoms with Crippen LogP contribution in [0, 0.1) is 17.8 Å². The number of nitrogens with zero attached hydrogens (tertiary/aromatic N) is 1. The monoisotopic (exact) mass is 478 g/mol. The Balaban J connectivity index is 1.42. The minimum Gasteiger partial charge on any atom is -0.384 e. The number of rotatable bonds is 9. The van der Waals surface area contributed by atoms with E-state index in [1.54, 1.807) is 12.3 Å². The Kier molecular flexibility index (Phi) is 8.74. The van der Waals surface area contributed by atoms with Crippen molar-refractivity contribution in [2.75, 3.05) is 5.73 Å². The van der Waals surface area contributed by atoms with E-state index in [2.05, 4.69) is 15.6 Å². The number of carbonyl (C=O) groups excluding carboxylic acids is 2. The molecule has 0 radical (unpaired) electrons. The van der Waals surface area contributed by atoms with Gasteiger partial charge in [0.15, 0.2) is 0 Å². The van der Waals surface area contributed by atoms with E-state index < -0.39 is 18.1 Å². The van der Waals surface area contributed by atoms with E-state index in [1.165, 1.54) is 38.5 Å². The van der Waals surface area contributed by atoms with Crippen LogP contribution in [0.3, 0.4) is 0 Å². The van der Waals surface area contributed by atoms with E-state index in [0.717, 1.165) is 23.5 Å². The van der Waals surface area contributed by atoms with Gasteiger partial charge in [0.05, 0.1) is 0 Å². The molecule has 1 aromatic heterocycles. The lowest BCUT2D eigenvalue weighted by Gasteiger charge is -2.42. The molecule has 5 N–H and O–H groups in total. The van der Waals surface area contributed by atoms with Gasteiger partial charge in [-0.15, -0.1) is 0 Å². The number of hydrogen-bond acceptors (Lipinski definition) is 5. The summed E-state index contributed by atoms with van der Waals surface area (Å²) in [5.41, 5.74) is 7.38. The zero-order valence-electron chi connectivity index (χ0n) is 20.4. The summed E-state index contributed by atoms with van der Waals surface area (Å²) in [5, 5.41) is 16.4. The zero-order chi connectivity index (χ0) is 24.6. The first kappa shape index (κ1) is 25.2. The third-order valence-electron chi connectivity index (χ3n) is 7.78. The number of pyridine rings is 1. The quantitative estimate of drug-likeness (QED) is 0.441. The molecule has 35 heavy (non-hydrogen) atoms. The first-order chi connectivity index (χ1) is 17.0. The van der Waals surface area contributed by atoms with Crippen molar-refractivity contribution in [2.24, 2.45) is 17.8 Å². The Morgan fingerprint density at radius 1 is 0.971 bits per heavy atom. The average molecular weight is 479 g/mol. The Morgan fingerprint density at radius 2 is 1.74 bits per heavy atom. The molecule has 7 nitrogen and oxygen atoms in total. The van der Waals surface area contributed by atoms with Gasteiger partial charge in [0, 0.05) is 19.2 Å². The second kappa shape index (κ2) is 12.2. The number of fused-ring (bicyclic) bond motifs is 1. The molecule has 2 amide bonds. The van der Waals surface area contributed by atoms with Crippen molar-refractivity contribution in [1.82, 2.24) is 15.6 Å². The minimum atomic E-state index is -1.21. The molecule has 4 rings (SSSR count). The standard InChI is InChI=1S/C28H38N4O3/c29-26-14-13-20(17-30-26)18-31-27(34)24(16-22-11-6-10-21-9-4-5-12-23(21)22)32-28(35)25(33)15-19-7-2-1-3-8-19/h1-3,7-8,13-14,17,21-25,33H,4-6,9-12,15-16,18H2,(H2,29,30)(H,31,34)(H,32,35)/t21?,22?,23?,24-,25?/m0/s1. The van der Waals surface area contributed by atoms with Gasteiger partial charge in [-0.2, -0.15) is 0 Å². The number of aliphatic hydroxyl groups is 1. The van der Waals surface area contributed by atoms with Crippen LogP contribution in [0.5, 0.6) is 0 Å². The zero-order valence-corrected chi connectivity index (χ0v) is 20.4. The van der Waals surface area contributed by atoms with Crippen LogP contribution in [0.4, 0.5) is 5.82 Å². The Morgan fingerprint density at radius 3 is 2.51 bits per heavy atom. The number of anilines is 1. The van der Waals surface area contributed by atoms with Crippen LogP contribution in [0.25, 0.3) is 0 Å². The largest absolute Gasteiger partial charge is 0.384 e. The molecule has 7 heteroatoms. The van der Waals surface area contributed by atoms with Crippen molar-refractivity contribution in [3.05, 3.63) is 59.8 Å². The van der Waals surface area contributed by atoms with Crippen LogP contribution in [0.1, 0.15) is 62.5 Å². The molecule has 188 valence electrons. The maximum Gasteiger partial charge on any atom is 0.249 e. The molecule has 2 aromatic rings. The highest BCUT2D eigenvalue weighted by atomic mass is 16.3. The van der Waals surface area contributed by atoms with Crippen molar-refractivity contribution in [3.63, 3.8) is 0 Å². The van der Waals surface area contributed by atoms with E-state index >= 15 is 0 Å². The van der Waals surface area contributed by atoms with Gasteiger partial charge in [-0.05, 0) is 47.8 Å². The lowest BCUT2D eigenvalue weighted by atomic mass is 9.64. The fraction of sp³-hybridized carbons (Fsp3) is 0.536. The van der Waals surface area contributed by atoms with E-state index in [-0.39, 0.29) is 12.3 Å². The molecular formula is C28H38N4O3. The molecule has 0 bridgehead atoms. The summed E-state index contributed by atoms with van der Waals surface area (Å²) in [6.07, 6.45) is 9.86. The van der Waals surface area contributed by atoms with Crippen molar-refractivity contribution in [1.29, 1.82) is 0 Å². The first-order valence-corrected chi connectivity index (χ1v) is 13.0. The summed E-state index contributed by atoms with van der Waals surface area (Å²) < 4.78 is 0. The third kappa shape index (κ3) is 7.04. The molecule has 5 atom stereocenters. The summed E-state index contributed by atoms with van der Waals surface area (Å²) in [5.74, 6) is 1.48. The van der Waals surface area contributed by atoms with Crippen LogP contribution in [0.15, 0.2) is 48.7 Å². The van der Waals surface area contributed by atoms with Gasteiger partial charge >= 0.3 is 0 Å². The number of hydrogen-bond donors (Lipinski definition) is 4. The lowest BCUT2D eigenvalue weighted by molar-refractivity contribution is -0.134. The van der Waals surface area contributed by atoms with Gasteiger partial charge in [0.25, 0.3) is 0 Å². The molecule has 0 spiro atoms. The maximum absolute atomic E-state index is 13.3. The van der Waals surface area contributed by atoms with E-state index in [1.807, 2.05) is 36.4 Å². The van der Waals surface area contributed by atoms with Gasteiger partial charge in [-0.3, -0.25) is 9.59 Å². The number of benzene rings is 1. The van der Waals surface area contributed by atoms with Gasteiger partial charge in [0.2, 0.25) is 11.8 Å². The summed E-state index contributed by atoms with van der Waals surface area (Å²) >= 11 is 0. The van der Waals surface area contributed by atoms with Crippen LogP contribution in [0.2, 0.25) is 0 Å². The molecule has 0 saturated heterocycles. The summed E-state index contributed by atoms with van der Waals surface area (Å²) in [4.78, 5) is 30.3. The summed E-state index contributed by atoms with van der Waals surface area (Å²) in [6.45, 7) is 0.307. The van der Waals surface area contributed by atoms with Crippen LogP contribution in [-0.2, 0) is 22.6 Å². The van der Waals surface area contributed by atoms with Gasteiger partial charge < -0.3 is 21.5 Å². The van der Waals surface area contributed by atoms with Crippen molar-refractivity contribution in [2.45, 2.75) is 76.5 Å². The molecule has 2 aliphatic carbocycles. The number of nitrogens with two attached hydrogens (primary N) is 1. The highest BCUT2D eigenvalue weighted by molar-refractivity contribution is 5.89. The van der Waals surface area contributed by atoms with Crippen molar-refractivity contribution < 1.29 is 14.7 Å². The fourth-order valence-electron chi connectivity index (χ4n) is 5.95. The van der Waals surface area contributed by atoms with Crippen LogP contribution >= 0.6 is 0 Å².